The quantitative estimate of drug-likeness (QED) is 0.450. The van der Waals surface area contributed by atoms with Gasteiger partial charge in [0.1, 0.15) is 12.4 Å². The Labute approximate surface area is 146 Å². The Balaban J connectivity index is 1.62. The van der Waals surface area contributed by atoms with Crippen LogP contribution in [0.4, 0.5) is 0 Å². The van der Waals surface area contributed by atoms with E-state index in [4.69, 9.17) is 9.47 Å². The minimum Gasteiger partial charge on any atom is -0.507 e. The molecule has 0 unspecified atom stereocenters. The van der Waals surface area contributed by atoms with Crippen LogP contribution in [-0.4, -0.2) is 29.9 Å². The molecule has 6 nitrogen and oxygen atoms in total. The average Bonchev–Trinajstić information content (AvgIpc) is 2.57. The van der Waals surface area contributed by atoms with E-state index >= 15 is 0 Å². The van der Waals surface area contributed by atoms with Crippen LogP contribution in [0.2, 0.25) is 0 Å². The number of halogens is 1. The number of hydrazone groups is 1. The van der Waals surface area contributed by atoms with Crippen molar-refractivity contribution in [2.24, 2.45) is 5.10 Å². The molecule has 23 heavy (non-hydrogen) atoms. The predicted octanol–water partition coefficient (Wildman–Crippen LogP) is 2.29. The maximum absolute atomic E-state index is 12.1. The van der Waals surface area contributed by atoms with Gasteiger partial charge in [0.2, 0.25) is 6.10 Å². The molecule has 0 fully saturated rings. The number of aromatic hydroxyl groups is 1. The van der Waals surface area contributed by atoms with Crippen LogP contribution in [0.3, 0.4) is 0 Å². The van der Waals surface area contributed by atoms with E-state index in [2.05, 4.69) is 33.1 Å². The summed E-state index contributed by atoms with van der Waals surface area (Å²) in [6.45, 7) is 0.118. The zero-order valence-electron chi connectivity index (χ0n) is 11.9. The topological polar surface area (TPSA) is 80.2 Å². The number of hydrogen-bond acceptors (Lipinski definition) is 5. The molecule has 0 aromatic heterocycles. The molecular weight excluding hydrogens is 411 g/mol. The molecule has 1 atom stereocenters. The zero-order chi connectivity index (χ0) is 16.2. The fourth-order valence-electron chi connectivity index (χ4n) is 2.01. The van der Waals surface area contributed by atoms with E-state index in [9.17, 15) is 9.90 Å². The molecule has 118 valence electrons. The summed E-state index contributed by atoms with van der Waals surface area (Å²) >= 11 is 2.13. The lowest BCUT2D eigenvalue weighted by atomic mass is 10.2. The molecule has 0 saturated carbocycles. The lowest BCUT2D eigenvalue weighted by Gasteiger charge is -2.24. The van der Waals surface area contributed by atoms with Gasteiger partial charge in [0.05, 0.1) is 6.21 Å². The van der Waals surface area contributed by atoms with Gasteiger partial charge in [-0.05, 0) is 52.9 Å². The molecule has 1 heterocycles. The molecule has 0 bridgehead atoms. The van der Waals surface area contributed by atoms with Crippen molar-refractivity contribution in [1.82, 2.24) is 5.43 Å². The third kappa shape index (κ3) is 3.73. The monoisotopic (exact) mass is 424 g/mol. The van der Waals surface area contributed by atoms with Gasteiger partial charge in [0.25, 0.3) is 5.91 Å². The summed E-state index contributed by atoms with van der Waals surface area (Å²) in [7, 11) is 0. The summed E-state index contributed by atoms with van der Waals surface area (Å²) in [6, 6.07) is 12.3. The summed E-state index contributed by atoms with van der Waals surface area (Å²) in [5.74, 6) is 0.817. The van der Waals surface area contributed by atoms with Gasteiger partial charge >= 0.3 is 0 Å². The van der Waals surface area contributed by atoms with Crippen LogP contribution < -0.4 is 14.9 Å². The van der Waals surface area contributed by atoms with Gasteiger partial charge in [0, 0.05) is 9.13 Å². The lowest BCUT2D eigenvalue weighted by molar-refractivity contribution is -0.130. The van der Waals surface area contributed by atoms with Crippen molar-refractivity contribution in [3.05, 3.63) is 51.6 Å². The van der Waals surface area contributed by atoms with E-state index in [1.165, 1.54) is 6.21 Å². The maximum Gasteiger partial charge on any atom is 0.284 e. The van der Waals surface area contributed by atoms with Crippen LogP contribution in [0.5, 0.6) is 17.2 Å². The average molecular weight is 424 g/mol. The number of amides is 1. The van der Waals surface area contributed by atoms with Crippen molar-refractivity contribution >= 4 is 34.7 Å². The van der Waals surface area contributed by atoms with Gasteiger partial charge in [0.15, 0.2) is 11.5 Å². The molecule has 2 aromatic carbocycles. The number of nitrogens with zero attached hydrogens (tertiary/aromatic N) is 1. The summed E-state index contributed by atoms with van der Waals surface area (Å²) in [4.78, 5) is 12.1. The second kappa shape index (κ2) is 6.86. The van der Waals surface area contributed by atoms with E-state index in [-0.39, 0.29) is 12.4 Å². The number of phenols is 1. The SMILES string of the molecule is O=C(N/N=C/c1cc(I)ccc1O)[C@H]1COc2ccccc2O1. The predicted molar refractivity (Wildman–Crippen MR) is 92.9 cm³/mol. The summed E-state index contributed by atoms with van der Waals surface area (Å²) in [5, 5.41) is 13.6. The van der Waals surface area contributed by atoms with Crippen molar-refractivity contribution in [3.8, 4) is 17.2 Å². The van der Waals surface area contributed by atoms with E-state index in [0.29, 0.717) is 17.1 Å². The second-order valence-electron chi connectivity index (χ2n) is 4.80. The Morgan fingerprint density at radius 2 is 2.09 bits per heavy atom. The Morgan fingerprint density at radius 3 is 2.91 bits per heavy atom. The normalized spacial score (nSPS) is 16.3. The third-order valence-corrected chi connectivity index (χ3v) is 3.84. The third-order valence-electron chi connectivity index (χ3n) is 3.17. The summed E-state index contributed by atoms with van der Waals surface area (Å²) < 4.78 is 12.0. The van der Waals surface area contributed by atoms with Gasteiger partial charge in [-0.2, -0.15) is 5.10 Å². The Hall–Kier alpha value is -2.29. The van der Waals surface area contributed by atoms with E-state index in [0.717, 1.165) is 3.57 Å². The van der Waals surface area contributed by atoms with Gasteiger partial charge in [-0.25, -0.2) is 5.43 Å². The van der Waals surface area contributed by atoms with E-state index in [1.807, 2.05) is 6.07 Å². The van der Waals surface area contributed by atoms with Crippen LogP contribution in [0.25, 0.3) is 0 Å². The first-order valence-electron chi connectivity index (χ1n) is 6.83. The maximum atomic E-state index is 12.1. The number of rotatable bonds is 3. The summed E-state index contributed by atoms with van der Waals surface area (Å²) in [6.07, 6.45) is 0.610. The van der Waals surface area contributed by atoms with Crippen LogP contribution in [-0.2, 0) is 4.79 Å². The highest BCUT2D eigenvalue weighted by molar-refractivity contribution is 14.1. The minimum atomic E-state index is -0.772. The Bertz CT molecular complexity index is 763. The van der Waals surface area contributed by atoms with Crippen molar-refractivity contribution < 1.29 is 19.4 Å². The molecule has 0 saturated heterocycles. The Kier molecular flexibility index (Phi) is 4.65. The molecule has 1 aliphatic rings. The molecule has 2 N–H and O–H groups in total. The first-order valence-corrected chi connectivity index (χ1v) is 7.91. The number of phenolic OH excluding ortho intramolecular Hbond substituents is 1. The highest BCUT2D eigenvalue weighted by Gasteiger charge is 2.26. The number of carbonyl (C=O) groups excluding carboxylic acids is 1. The van der Waals surface area contributed by atoms with Crippen LogP contribution in [0, 0.1) is 3.57 Å². The van der Waals surface area contributed by atoms with Gasteiger partial charge in [-0.1, -0.05) is 12.1 Å². The van der Waals surface area contributed by atoms with Gasteiger partial charge in [-0.3, -0.25) is 4.79 Å². The highest BCUT2D eigenvalue weighted by Crippen LogP contribution is 2.30. The van der Waals surface area contributed by atoms with Crippen molar-refractivity contribution in [2.45, 2.75) is 6.10 Å². The van der Waals surface area contributed by atoms with Crippen molar-refractivity contribution in [2.75, 3.05) is 6.61 Å². The number of ether oxygens (including phenoxy) is 2. The van der Waals surface area contributed by atoms with Crippen LogP contribution in [0.1, 0.15) is 5.56 Å². The molecular formula is C16H13IN2O4. The molecule has 0 spiro atoms. The van der Waals surface area contributed by atoms with E-state index < -0.39 is 12.0 Å². The number of carbonyl (C=O) groups is 1. The fourth-order valence-corrected chi connectivity index (χ4v) is 2.53. The number of para-hydroxylation sites is 2. The standard InChI is InChI=1S/C16H13IN2O4/c17-11-5-6-12(20)10(7-11)8-18-19-16(21)15-9-22-13-3-1-2-4-14(13)23-15/h1-8,15,20H,9H2,(H,19,21)/b18-8+/t15-/m1/s1. The zero-order valence-corrected chi connectivity index (χ0v) is 14.1. The first-order chi connectivity index (χ1) is 11.1. The highest BCUT2D eigenvalue weighted by atomic mass is 127. The van der Waals surface area contributed by atoms with E-state index in [1.54, 1.807) is 36.4 Å². The number of fused-ring (bicyclic) bond motifs is 1. The number of benzene rings is 2. The van der Waals surface area contributed by atoms with Crippen LogP contribution >= 0.6 is 22.6 Å². The molecule has 7 heteroatoms. The minimum absolute atomic E-state index is 0.0922. The summed E-state index contributed by atoms with van der Waals surface area (Å²) in [5.41, 5.74) is 2.91. The molecule has 0 aliphatic carbocycles. The molecule has 1 amide bonds. The van der Waals surface area contributed by atoms with Crippen molar-refractivity contribution in [1.29, 1.82) is 0 Å². The molecule has 2 aromatic rings. The fraction of sp³-hybridized carbons (Fsp3) is 0.125. The molecule has 3 rings (SSSR count). The Morgan fingerprint density at radius 1 is 1.30 bits per heavy atom. The molecule has 1 aliphatic heterocycles. The van der Waals surface area contributed by atoms with Gasteiger partial charge in [-0.15, -0.1) is 0 Å². The number of hydrogen-bond donors (Lipinski definition) is 2. The van der Waals surface area contributed by atoms with Crippen LogP contribution in [0.15, 0.2) is 47.6 Å². The molecule has 0 radical (unpaired) electrons. The lowest BCUT2D eigenvalue weighted by Crippen LogP contribution is -2.42. The number of nitrogens with one attached hydrogen (secondary N) is 1. The van der Waals surface area contributed by atoms with Crippen molar-refractivity contribution in [3.63, 3.8) is 0 Å². The van der Waals surface area contributed by atoms with Gasteiger partial charge < -0.3 is 14.6 Å². The largest absolute Gasteiger partial charge is 0.507 e. The first kappa shape index (κ1) is 15.6. The smallest absolute Gasteiger partial charge is 0.284 e. The second-order valence-corrected chi connectivity index (χ2v) is 6.05.